The Kier molecular flexibility index (Phi) is 26.6. The number of fused-ring (bicyclic) bond motifs is 3. The number of Topliss-reactive ketones (excluding diaryl/α,β-unsaturated/α-hetero) is 1. The minimum absolute atomic E-state index is 0.0355. The van der Waals surface area contributed by atoms with Crippen molar-refractivity contribution in [2.45, 2.75) is 141 Å². The smallest absolute Gasteiger partial charge is 0.352 e. The highest BCUT2D eigenvalue weighted by atomic mass is 31.2. The summed E-state index contributed by atoms with van der Waals surface area (Å²) >= 11 is 0. The van der Waals surface area contributed by atoms with Crippen LogP contribution < -0.4 is 31.9 Å². The first kappa shape index (κ1) is 73.7. The van der Waals surface area contributed by atoms with Crippen LogP contribution in [0.3, 0.4) is 0 Å². The van der Waals surface area contributed by atoms with Gasteiger partial charge in [-0.2, -0.15) is 0 Å². The second-order valence-corrected chi connectivity index (χ2v) is 27.6. The number of benzene rings is 6. The molecule has 0 spiro atoms. The van der Waals surface area contributed by atoms with Gasteiger partial charge in [-0.3, -0.25) is 56.5 Å². The second kappa shape index (κ2) is 35.3. The Morgan fingerprint density at radius 2 is 1.03 bits per heavy atom. The predicted molar refractivity (Wildman–Crippen MR) is 366 cm³/mol. The number of amides is 7. The van der Waals surface area contributed by atoms with Crippen molar-refractivity contribution in [2.24, 2.45) is 5.92 Å². The Labute approximate surface area is 571 Å². The van der Waals surface area contributed by atoms with Gasteiger partial charge >= 0.3 is 15.6 Å². The van der Waals surface area contributed by atoms with Crippen molar-refractivity contribution in [3.8, 4) is 0 Å². The third-order valence-electron chi connectivity index (χ3n) is 17.8. The van der Waals surface area contributed by atoms with Crippen molar-refractivity contribution in [2.75, 3.05) is 39.4 Å². The van der Waals surface area contributed by atoms with Crippen LogP contribution in [0, 0.1) is 5.92 Å². The molecule has 6 aromatic carbocycles. The largest absolute Gasteiger partial charge is 0.472 e. The van der Waals surface area contributed by atoms with E-state index < -0.39 is 120 Å². The van der Waals surface area contributed by atoms with E-state index in [-0.39, 0.29) is 63.4 Å². The van der Waals surface area contributed by atoms with Gasteiger partial charge in [0.15, 0.2) is 5.78 Å². The van der Waals surface area contributed by atoms with Gasteiger partial charge in [-0.15, -0.1) is 0 Å². The van der Waals surface area contributed by atoms with Gasteiger partial charge in [0.05, 0.1) is 44.6 Å². The maximum Gasteiger partial charge on any atom is 0.472 e. The average Bonchev–Trinajstić information content (AvgIpc) is 1.61. The molecular formula is C73H87N7O16P2. The zero-order valence-electron chi connectivity index (χ0n) is 55.4. The Hall–Kier alpha value is -8.50. The van der Waals surface area contributed by atoms with Crippen LogP contribution in [0.25, 0.3) is 0 Å². The van der Waals surface area contributed by atoms with Crippen LogP contribution in [-0.4, -0.2) is 126 Å². The molecule has 3 aliphatic carbocycles. The van der Waals surface area contributed by atoms with E-state index in [1.165, 1.54) is 5.56 Å². The second-order valence-electron chi connectivity index (χ2n) is 24.7. The minimum Gasteiger partial charge on any atom is -0.352 e. The fourth-order valence-corrected chi connectivity index (χ4v) is 14.7. The summed E-state index contributed by atoms with van der Waals surface area (Å²) in [5.74, 6) is -6.73. The van der Waals surface area contributed by atoms with Crippen LogP contribution in [0.15, 0.2) is 152 Å². The van der Waals surface area contributed by atoms with E-state index in [0.29, 0.717) is 16.7 Å². The number of phosphoric ester groups is 2. The molecule has 9 unspecified atom stereocenters. The Balaban J connectivity index is 0.873. The number of carbonyl (C=O) groups excluding carboxylic acids is 8. The number of carbonyl (C=O) groups is 8. The number of nitrogens with zero attached hydrogens (tertiary/aromatic N) is 1. The molecule has 0 aromatic heterocycles. The fourth-order valence-electron chi connectivity index (χ4n) is 12.8. The molecular weight excluding hydrogens is 1290 g/mol. The first-order chi connectivity index (χ1) is 47.2. The van der Waals surface area contributed by atoms with Crippen LogP contribution in [0.5, 0.6) is 0 Å². The van der Waals surface area contributed by atoms with Crippen molar-refractivity contribution in [1.82, 2.24) is 36.8 Å². The molecule has 25 heteroatoms. The highest BCUT2D eigenvalue weighted by Gasteiger charge is 2.47. The van der Waals surface area contributed by atoms with Crippen LogP contribution in [0.2, 0.25) is 0 Å². The van der Waals surface area contributed by atoms with Gasteiger partial charge in [-0.1, -0.05) is 161 Å². The van der Waals surface area contributed by atoms with Crippen molar-refractivity contribution in [3.05, 3.63) is 213 Å². The molecule has 520 valence electrons. The van der Waals surface area contributed by atoms with Crippen LogP contribution >= 0.6 is 15.6 Å². The third-order valence-corrected chi connectivity index (χ3v) is 19.8. The Morgan fingerprint density at radius 3 is 1.60 bits per heavy atom. The molecule has 8 N–H and O–H groups in total. The number of hydrogen-bond donors (Lipinski definition) is 8. The lowest BCUT2D eigenvalue weighted by Gasteiger charge is -2.34. The molecule has 0 bridgehead atoms. The van der Waals surface area contributed by atoms with Gasteiger partial charge in [-0.05, 0) is 113 Å². The summed E-state index contributed by atoms with van der Waals surface area (Å²) in [6, 6.07) is 42.1. The summed E-state index contributed by atoms with van der Waals surface area (Å²) in [7, 11) is -10.4. The number of rotatable bonds is 35. The van der Waals surface area contributed by atoms with E-state index in [0.717, 1.165) is 83.9 Å². The van der Waals surface area contributed by atoms with Crippen LogP contribution in [0.4, 0.5) is 0 Å². The average molecular weight is 1380 g/mol. The lowest BCUT2D eigenvalue weighted by Crippen LogP contribution is -2.54. The van der Waals surface area contributed by atoms with Gasteiger partial charge in [-0.25, -0.2) is 9.13 Å². The molecule has 9 atom stereocenters. The molecule has 23 nitrogen and oxygen atoms in total. The molecule has 0 heterocycles. The molecule has 0 radical (unpaired) electrons. The standard InChI is InChI=1S/C73H87N7O16P2/c1-4-7-20-48-31-33-52(34-32-48)73(88)80(45-50-23-12-9-13-24-50)69-58-30-19-17-28-55(58)42-63(69)96-98(91,92)94-47-61(79-67(84)44-77-65(82)6-3)72(87)75-38-37-74-71(86)60(78-66(83)43-76-64(81)5-2)46-93-97(89,90)95-62-41-54-27-16-18-29-57(54)68(62)59(39-49-21-10-8-11-22-49)70(85)56-36-35-51-25-14-15-26-53(51)40-56/h8-13,16-19,21-24,27-36,40,59-63,68-69H,4-7,14-15,20,25-26,37-39,41-47H2,1-3H3,(H,74,86)(H,75,87)(H,76,81)(H,77,82)(H,78,83)(H,79,84)(H,89,90)(H,91,92). The summed E-state index contributed by atoms with van der Waals surface area (Å²) in [5, 5.41) is 14.7. The number of ketones is 1. The number of nitrogens with one attached hydrogen (secondary N) is 6. The molecule has 9 rings (SSSR count). The fraction of sp³-hybridized carbons (Fsp3) is 0.397. The van der Waals surface area contributed by atoms with Crippen molar-refractivity contribution < 1.29 is 75.4 Å². The number of phosphoric acid groups is 2. The van der Waals surface area contributed by atoms with Crippen LogP contribution in [-0.2, 0) is 101 Å². The SMILES string of the molecule is CCCCc1ccc(C(=O)N(Cc2ccccc2)C2c3ccccc3CC2OP(=O)(O)OCC(NC(=O)CNC(=O)CC)C(=O)NCCNC(=O)C(COP(=O)(O)OC2Cc3ccccc3C2C(Cc2ccccc2)C(=O)c2ccc3c(c2)CCCC3)NC(=O)CNC(=O)CC)cc1. The van der Waals surface area contributed by atoms with Gasteiger partial charge < -0.3 is 46.6 Å². The summed E-state index contributed by atoms with van der Waals surface area (Å²) in [4.78, 5) is 133. The zero-order valence-corrected chi connectivity index (χ0v) is 57.2. The number of hydrogen-bond acceptors (Lipinski definition) is 14. The van der Waals surface area contributed by atoms with E-state index in [2.05, 4.69) is 38.8 Å². The van der Waals surface area contributed by atoms with Gasteiger partial charge in [0.2, 0.25) is 35.4 Å². The van der Waals surface area contributed by atoms with Crippen molar-refractivity contribution >= 4 is 62.8 Å². The molecule has 98 heavy (non-hydrogen) atoms. The molecule has 0 saturated carbocycles. The Morgan fingerprint density at radius 1 is 0.531 bits per heavy atom. The van der Waals surface area contributed by atoms with Gasteiger partial charge in [0.1, 0.15) is 12.1 Å². The third kappa shape index (κ3) is 20.5. The maximum atomic E-state index is 15.0. The highest BCUT2D eigenvalue weighted by Crippen LogP contribution is 2.53. The highest BCUT2D eigenvalue weighted by molar-refractivity contribution is 7.47. The summed E-state index contributed by atoms with van der Waals surface area (Å²) in [5.41, 5.74) is 8.92. The van der Waals surface area contributed by atoms with E-state index in [1.54, 1.807) is 43.0 Å². The molecule has 3 aliphatic rings. The molecule has 7 amide bonds. The quantitative estimate of drug-likeness (QED) is 0.0106. The molecule has 0 saturated heterocycles. The maximum absolute atomic E-state index is 15.0. The van der Waals surface area contributed by atoms with Gasteiger partial charge in [0.25, 0.3) is 5.91 Å². The topological polar surface area (TPSA) is 323 Å². The van der Waals surface area contributed by atoms with Crippen molar-refractivity contribution in [3.63, 3.8) is 0 Å². The van der Waals surface area contributed by atoms with Crippen LogP contribution in [0.1, 0.15) is 142 Å². The van der Waals surface area contributed by atoms with Gasteiger partial charge in [0, 0.05) is 68.3 Å². The summed E-state index contributed by atoms with van der Waals surface area (Å²) in [6.45, 7) is 1.47. The number of aryl methyl sites for hydroxylation is 3. The van der Waals surface area contributed by atoms with E-state index in [4.69, 9.17) is 18.1 Å². The first-order valence-electron chi connectivity index (χ1n) is 33.5. The molecule has 6 aromatic rings. The monoisotopic (exact) mass is 1380 g/mol. The summed E-state index contributed by atoms with van der Waals surface area (Å²) < 4.78 is 51.6. The number of unbranched alkanes of at least 4 members (excludes halogenated alkanes) is 1. The van der Waals surface area contributed by atoms with E-state index in [1.807, 2.05) is 127 Å². The molecule has 0 aliphatic heterocycles. The predicted octanol–water partition coefficient (Wildman–Crippen LogP) is 8.19. The molecule has 0 fully saturated rings. The lowest BCUT2D eigenvalue weighted by molar-refractivity contribution is -0.131. The van der Waals surface area contributed by atoms with E-state index in [9.17, 15) is 57.3 Å². The van der Waals surface area contributed by atoms with E-state index >= 15 is 0 Å². The Bertz CT molecular complexity index is 3880. The van der Waals surface area contributed by atoms with Crippen molar-refractivity contribution in [1.29, 1.82) is 0 Å². The normalized spacial score (nSPS) is 18.1. The zero-order chi connectivity index (χ0) is 69.8. The lowest BCUT2D eigenvalue weighted by atomic mass is 9.77. The minimum atomic E-state index is -5.21. The summed E-state index contributed by atoms with van der Waals surface area (Å²) in [6.07, 6.45) is 4.97. The first-order valence-corrected chi connectivity index (χ1v) is 36.5.